The van der Waals surface area contributed by atoms with Gasteiger partial charge >= 0.3 is 0 Å². The molecule has 0 fully saturated rings. The zero-order valence-electron chi connectivity index (χ0n) is 13.5. The van der Waals surface area contributed by atoms with Crippen molar-refractivity contribution in [1.82, 2.24) is 4.90 Å². The second kappa shape index (κ2) is 6.53. The van der Waals surface area contributed by atoms with Crippen LogP contribution in [0.15, 0.2) is 42.5 Å². The second-order valence-corrected chi connectivity index (χ2v) is 6.20. The van der Waals surface area contributed by atoms with Crippen molar-refractivity contribution in [2.75, 3.05) is 25.2 Å². The first kappa shape index (κ1) is 15.0. The molecule has 0 aromatic heterocycles. The molecule has 2 aliphatic heterocycles. The van der Waals surface area contributed by atoms with Crippen molar-refractivity contribution in [2.24, 2.45) is 0 Å². The normalized spacial score (nSPS) is 16.3. The van der Waals surface area contributed by atoms with E-state index in [0.717, 1.165) is 37.4 Å². The molecular formula is C19H20N2O3. The Morgan fingerprint density at radius 3 is 2.83 bits per heavy atom. The molecule has 24 heavy (non-hydrogen) atoms. The van der Waals surface area contributed by atoms with Crippen LogP contribution in [-0.4, -0.2) is 30.7 Å². The Labute approximate surface area is 141 Å². The maximum Gasteiger partial charge on any atom is 0.238 e. The van der Waals surface area contributed by atoms with Crippen LogP contribution in [-0.2, 0) is 17.8 Å². The minimum atomic E-state index is -0.00625. The smallest absolute Gasteiger partial charge is 0.238 e. The summed E-state index contributed by atoms with van der Waals surface area (Å²) in [5.74, 6) is 1.39. The Morgan fingerprint density at radius 2 is 1.92 bits per heavy atom. The zero-order valence-corrected chi connectivity index (χ0v) is 13.5. The lowest BCUT2D eigenvalue weighted by atomic mass is 10.0. The van der Waals surface area contributed by atoms with E-state index in [4.69, 9.17) is 9.47 Å². The zero-order chi connectivity index (χ0) is 16.4. The number of ether oxygens (including phenoxy) is 2. The fraction of sp³-hybridized carbons (Fsp3) is 0.316. The van der Waals surface area contributed by atoms with Gasteiger partial charge in [0.1, 0.15) is 0 Å². The molecule has 0 atom stereocenters. The number of carbonyl (C=O) groups is 1. The number of anilines is 1. The topological polar surface area (TPSA) is 50.8 Å². The van der Waals surface area contributed by atoms with Crippen molar-refractivity contribution in [2.45, 2.75) is 19.4 Å². The second-order valence-electron chi connectivity index (χ2n) is 6.20. The van der Waals surface area contributed by atoms with Crippen LogP contribution in [0.25, 0.3) is 0 Å². The van der Waals surface area contributed by atoms with E-state index in [1.165, 1.54) is 11.1 Å². The van der Waals surface area contributed by atoms with E-state index in [1.807, 2.05) is 12.1 Å². The van der Waals surface area contributed by atoms with Crippen LogP contribution in [0.3, 0.4) is 0 Å². The Morgan fingerprint density at radius 1 is 1.08 bits per heavy atom. The molecule has 0 bridgehead atoms. The summed E-state index contributed by atoms with van der Waals surface area (Å²) in [4.78, 5) is 14.6. The van der Waals surface area contributed by atoms with Crippen LogP contribution >= 0.6 is 0 Å². The SMILES string of the molecule is O=C(CN1CCCc2ccccc2C1)Nc1ccc2c(c1)OCO2. The lowest BCUT2D eigenvalue weighted by molar-refractivity contribution is -0.117. The summed E-state index contributed by atoms with van der Waals surface area (Å²) in [5.41, 5.74) is 3.46. The minimum absolute atomic E-state index is 0.00625. The Bertz CT molecular complexity index is 760. The van der Waals surface area contributed by atoms with Gasteiger partial charge in [0.15, 0.2) is 11.5 Å². The van der Waals surface area contributed by atoms with E-state index in [0.29, 0.717) is 12.3 Å². The number of hydrogen-bond donors (Lipinski definition) is 1. The summed E-state index contributed by atoms with van der Waals surface area (Å²) in [7, 11) is 0. The van der Waals surface area contributed by atoms with Crippen LogP contribution in [0, 0.1) is 0 Å². The molecule has 0 unspecified atom stereocenters. The van der Waals surface area contributed by atoms with Gasteiger partial charge in [-0.15, -0.1) is 0 Å². The Hall–Kier alpha value is -2.53. The number of benzene rings is 2. The summed E-state index contributed by atoms with van der Waals surface area (Å²) in [6.07, 6.45) is 2.16. The molecule has 5 nitrogen and oxygen atoms in total. The van der Waals surface area contributed by atoms with Gasteiger partial charge in [-0.2, -0.15) is 0 Å². The molecule has 0 saturated heterocycles. The first-order valence-corrected chi connectivity index (χ1v) is 8.26. The molecule has 124 valence electrons. The van der Waals surface area contributed by atoms with Crippen LogP contribution < -0.4 is 14.8 Å². The summed E-state index contributed by atoms with van der Waals surface area (Å²) in [6, 6.07) is 14.0. The van der Waals surface area contributed by atoms with Crippen LogP contribution in [0.5, 0.6) is 11.5 Å². The largest absolute Gasteiger partial charge is 0.454 e. The quantitative estimate of drug-likeness (QED) is 0.943. The Balaban J connectivity index is 1.39. The molecule has 2 aromatic carbocycles. The van der Waals surface area contributed by atoms with E-state index in [1.54, 1.807) is 6.07 Å². The number of hydrogen-bond acceptors (Lipinski definition) is 4. The number of nitrogens with zero attached hydrogens (tertiary/aromatic N) is 1. The molecule has 2 heterocycles. The van der Waals surface area contributed by atoms with E-state index < -0.39 is 0 Å². The monoisotopic (exact) mass is 324 g/mol. The summed E-state index contributed by atoms with van der Waals surface area (Å²) in [5, 5.41) is 2.95. The van der Waals surface area contributed by atoms with Gasteiger partial charge in [-0.3, -0.25) is 9.69 Å². The van der Waals surface area contributed by atoms with Crippen molar-refractivity contribution in [3.05, 3.63) is 53.6 Å². The highest BCUT2D eigenvalue weighted by Crippen LogP contribution is 2.34. The summed E-state index contributed by atoms with van der Waals surface area (Å²) >= 11 is 0. The maximum atomic E-state index is 12.4. The van der Waals surface area contributed by atoms with Gasteiger partial charge in [-0.05, 0) is 42.6 Å². The molecule has 5 heteroatoms. The predicted octanol–water partition coefficient (Wildman–Crippen LogP) is 2.80. The third-order valence-electron chi connectivity index (χ3n) is 4.46. The van der Waals surface area contributed by atoms with Crippen LogP contribution in [0.2, 0.25) is 0 Å². The van der Waals surface area contributed by atoms with E-state index in [-0.39, 0.29) is 12.7 Å². The molecule has 2 aromatic rings. The fourth-order valence-corrected chi connectivity index (χ4v) is 3.28. The van der Waals surface area contributed by atoms with Gasteiger partial charge < -0.3 is 14.8 Å². The number of carbonyl (C=O) groups excluding carboxylic acids is 1. The van der Waals surface area contributed by atoms with Gasteiger partial charge in [0.2, 0.25) is 12.7 Å². The van der Waals surface area contributed by atoms with Gasteiger partial charge in [0, 0.05) is 18.3 Å². The van der Waals surface area contributed by atoms with Gasteiger partial charge in [0.05, 0.1) is 6.54 Å². The number of fused-ring (bicyclic) bond motifs is 2. The lowest BCUT2D eigenvalue weighted by Crippen LogP contribution is -2.33. The van der Waals surface area contributed by atoms with Crippen LogP contribution in [0.4, 0.5) is 5.69 Å². The molecule has 0 aliphatic carbocycles. The van der Waals surface area contributed by atoms with Crippen molar-refractivity contribution >= 4 is 11.6 Å². The third-order valence-corrected chi connectivity index (χ3v) is 4.46. The standard InChI is InChI=1S/C19H20N2O3/c22-19(20-16-7-8-17-18(10-16)24-13-23-17)12-21-9-3-6-14-4-1-2-5-15(14)11-21/h1-2,4-5,7-8,10H,3,6,9,11-13H2,(H,20,22). The van der Waals surface area contributed by atoms with Crippen LogP contribution in [0.1, 0.15) is 17.5 Å². The first-order chi connectivity index (χ1) is 11.8. The molecule has 0 spiro atoms. The molecule has 1 N–H and O–H groups in total. The molecule has 0 saturated carbocycles. The maximum absolute atomic E-state index is 12.4. The average Bonchev–Trinajstić information content (AvgIpc) is 2.94. The predicted molar refractivity (Wildman–Crippen MR) is 91.2 cm³/mol. The van der Waals surface area contributed by atoms with Crippen molar-refractivity contribution in [3.8, 4) is 11.5 Å². The van der Waals surface area contributed by atoms with E-state index in [2.05, 4.69) is 34.5 Å². The highest BCUT2D eigenvalue weighted by atomic mass is 16.7. The van der Waals surface area contributed by atoms with Crippen molar-refractivity contribution in [1.29, 1.82) is 0 Å². The highest BCUT2D eigenvalue weighted by molar-refractivity contribution is 5.92. The summed E-state index contributed by atoms with van der Waals surface area (Å²) in [6.45, 7) is 2.39. The molecular weight excluding hydrogens is 304 g/mol. The number of nitrogens with one attached hydrogen (secondary N) is 1. The number of amides is 1. The van der Waals surface area contributed by atoms with E-state index in [9.17, 15) is 4.79 Å². The molecule has 2 aliphatic rings. The number of aryl methyl sites for hydroxylation is 1. The van der Waals surface area contributed by atoms with E-state index >= 15 is 0 Å². The minimum Gasteiger partial charge on any atom is -0.454 e. The van der Waals surface area contributed by atoms with Gasteiger partial charge in [-0.1, -0.05) is 24.3 Å². The Kier molecular flexibility index (Phi) is 4.09. The van der Waals surface area contributed by atoms with Gasteiger partial charge in [-0.25, -0.2) is 0 Å². The van der Waals surface area contributed by atoms with Crippen molar-refractivity contribution in [3.63, 3.8) is 0 Å². The molecule has 0 radical (unpaired) electrons. The first-order valence-electron chi connectivity index (χ1n) is 8.26. The number of rotatable bonds is 3. The lowest BCUT2D eigenvalue weighted by Gasteiger charge is -2.19. The summed E-state index contributed by atoms with van der Waals surface area (Å²) < 4.78 is 10.6. The molecule has 1 amide bonds. The third kappa shape index (κ3) is 3.21. The van der Waals surface area contributed by atoms with Crippen molar-refractivity contribution < 1.29 is 14.3 Å². The fourth-order valence-electron chi connectivity index (χ4n) is 3.28. The van der Waals surface area contributed by atoms with Gasteiger partial charge in [0.25, 0.3) is 0 Å². The average molecular weight is 324 g/mol. The molecule has 4 rings (SSSR count). The highest BCUT2D eigenvalue weighted by Gasteiger charge is 2.18.